The zero-order valence-electron chi connectivity index (χ0n) is 20.8. The number of aromatic amines is 1. The van der Waals surface area contributed by atoms with Crippen LogP contribution < -0.4 is 5.73 Å². The van der Waals surface area contributed by atoms with Crippen LogP contribution in [0.4, 0.5) is 4.79 Å². The van der Waals surface area contributed by atoms with Crippen molar-refractivity contribution in [2.24, 2.45) is 5.73 Å². The Hall–Kier alpha value is -3.79. The molecule has 2 atom stereocenters. The minimum atomic E-state index is -0.643. The molecule has 190 valence electrons. The van der Waals surface area contributed by atoms with Gasteiger partial charge in [-0.3, -0.25) is 0 Å². The summed E-state index contributed by atoms with van der Waals surface area (Å²) in [5.41, 5.74) is 10.0. The van der Waals surface area contributed by atoms with Crippen LogP contribution in [0.2, 0.25) is 0 Å². The van der Waals surface area contributed by atoms with Crippen LogP contribution in [0.25, 0.3) is 22.5 Å². The summed E-state index contributed by atoms with van der Waals surface area (Å²) in [6.07, 6.45) is 3.38. The number of rotatable bonds is 9. The highest BCUT2D eigenvalue weighted by Gasteiger charge is 2.40. The normalized spacial score (nSPS) is 17.2. The molecule has 0 bridgehead atoms. The van der Waals surface area contributed by atoms with E-state index >= 15 is 0 Å². The molecule has 3 N–H and O–H groups in total. The lowest BCUT2D eigenvalue weighted by Crippen LogP contribution is -2.48. The van der Waals surface area contributed by atoms with Crippen molar-refractivity contribution < 1.29 is 14.3 Å². The lowest BCUT2D eigenvalue weighted by molar-refractivity contribution is -0.145. The third-order valence-corrected chi connectivity index (χ3v) is 6.52. The van der Waals surface area contributed by atoms with Crippen molar-refractivity contribution in [1.29, 1.82) is 0 Å². The summed E-state index contributed by atoms with van der Waals surface area (Å²) in [6.45, 7) is 3.52. The predicted molar refractivity (Wildman–Crippen MR) is 135 cm³/mol. The van der Waals surface area contributed by atoms with Gasteiger partial charge in [-0.2, -0.15) is 0 Å². The summed E-state index contributed by atoms with van der Waals surface area (Å²) in [5, 5.41) is 14.2. The minimum absolute atomic E-state index is 0.179. The molecule has 10 heteroatoms. The number of carbonyl (C=O) groups is 2. The quantitative estimate of drug-likeness (QED) is 0.347. The van der Waals surface area contributed by atoms with E-state index in [1.54, 1.807) is 4.90 Å². The third kappa shape index (κ3) is 5.71. The number of ether oxygens (including phenoxy) is 1. The summed E-state index contributed by atoms with van der Waals surface area (Å²) in [7, 11) is 1.34. The van der Waals surface area contributed by atoms with Gasteiger partial charge in [-0.05, 0) is 40.0 Å². The first-order valence-electron chi connectivity index (χ1n) is 12.3. The van der Waals surface area contributed by atoms with Crippen molar-refractivity contribution in [3.8, 4) is 22.5 Å². The van der Waals surface area contributed by atoms with Gasteiger partial charge in [0.1, 0.15) is 6.04 Å². The van der Waals surface area contributed by atoms with Gasteiger partial charge in [0.05, 0.1) is 7.11 Å². The van der Waals surface area contributed by atoms with E-state index in [9.17, 15) is 9.59 Å². The molecule has 0 aliphatic carbocycles. The second kappa shape index (κ2) is 11.8. The molecule has 4 rings (SSSR count). The summed E-state index contributed by atoms with van der Waals surface area (Å²) in [4.78, 5) is 29.2. The summed E-state index contributed by atoms with van der Waals surface area (Å²) < 4.78 is 4.93. The van der Waals surface area contributed by atoms with Gasteiger partial charge in [0.2, 0.25) is 0 Å². The minimum Gasteiger partial charge on any atom is -0.467 e. The van der Waals surface area contributed by atoms with Crippen molar-refractivity contribution in [1.82, 2.24) is 30.4 Å². The molecular formula is C26H33N7O3. The van der Waals surface area contributed by atoms with Crippen LogP contribution in [0.5, 0.6) is 0 Å². The number of carbonyl (C=O) groups excluding carboxylic acids is 2. The molecule has 0 radical (unpaired) electrons. The third-order valence-electron chi connectivity index (χ3n) is 6.52. The fraction of sp³-hybridized carbons (Fsp3) is 0.423. The smallest absolute Gasteiger partial charge is 0.328 e. The highest BCUT2D eigenvalue weighted by molar-refractivity contribution is 5.85. The van der Waals surface area contributed by atoms with Crippen molar-refractivity contribution >= 4 is 12.0 Å². The number of urea groups is 1. The average Bonchev–Trinajstić information content (AvgIpc) is 3.58. The van der Waals surface area contributed by atoms with Crippen LogP contribution >= 0.6 is 0 Å². The first kappa shape index (κ1) is 25.3. The second-order valence-electron chi connectivity index (χ2n) is 9.09. The Kier molecular flexibility index (Phi) is 8.27. The van der Waals surface area contributed by atoms with Crippen molar-refractivity contribution in [3.05, 3.63) is 54.1 Å². The SMILES string of the molecule is CCCCCN(Cc1ccc(-c2ccccc2-c2nnn[nH]2)cc1)C(=O)N1C[C@@H](N)C[C@H]1C(=O)OC. The first-order valence-corrected chi connectivity index (χ1v) is 12.3. The number of benzene rings is 2. The number of esters is 1. The van der Waals surface area contributed by atoms with Gasteiger partial charge in [0.25, 0.3) is 0 Å². The number of likely N-dealkylation sites (tertiary alicyclic amines) is 1. The van der Waals surface area contributed by atoms with Crippen LogP contribution in [0.3, 0.4) is 0 Å². The van der Waals surface area contributed by atoms with Gasteiger partial charge in [-0.1, -0.05) is 68.3 Å². The molecule has 1 saturated heterocycles. The fourth-order valence-electron chi connectivity index (χ4n) is 4.64. The Morgan fingerprint density at radius 2 is 1.89 bits per heavy atom. The lowest BCUT2D eigenvalue weighted by Gasteiger charge is -2.31. The maximum atomic E-state index is 13.6. The van der Waals surface area contributed by atoms with Crippen LogP contribution in [0.1, 0.15) is 38.2 Å². The standard InChI is InChI=1S/C26H33N7O3/c1-3-4-7-14-32(26(35)33-17-20(27)15-23(33)25(34)36-2)16-18-10-12-19(13-11-18)21-8-5-6-9-22(21)24-28-30-31-29-24/h5-6,8-13,20,23H,3-4,7,14-17,27H2,1-2H3,(H,28,29,30,31)/t20-,23-/m0/s1. The van der Waals surface area contributed by atoms with E-state index in [1.807, 2.05) is 53.4 Å². The van der Waals surface area contributed by atoms with E-state index in [0.29, 0.717) is 31.9 Å². The number of hydrogen-bond acceptors (Lipinski definition) is 7. The molecule has 3 aromatic rings. The van der Waals surface area contributed by atoms with Gasteiger partial charge in [0, 0.05) is 31.2 Å². The van der Waals surface area contributed by atoms with Crippen molar-refractivity contribution in [2.45, 2.75) is 51.2 Å². The molecule has 10 nitrogen and oxygen atoms in total. The Balaban J connectivity index is 1.54. The average molecular weight is 492 g/mol. The number of tetrazole rings is 1. The maximum absolute atomic E-state index is 13.6. The van der Waals surface area contributed by atoms with Crippen LogP contribution in [-0.4, -0.2) is 74.7 Å². The van der Waals surface area contributed by atoms with E-state index in [1.165, 1.54) is 7.11 Å². The predicted octanol–water partition coefficient (Wildman–Crippen LogP) is 3.22. The number of aromatic nitrogens is 4. The zero-order chi connectivity index (χ0) is 25.5. The fourth-order valence-corrected chi connectivity index (χ4v) is 4.64. The Bertz CT molecular complexity index is 1150. The largest absolute Gasteiger partial charge is 0.467 e. The number of hydrogen-bond donors (Lipinski definition) is 2. The molecule has 0 spiro atoms. The second-order valence-corrected chi connectivity index (χ2v) is 9.09. The van der Waals surface area contributed by atoms with Crippen LogP contribution in [0.15, 0.2) is 48.5 Å². The summed E-state index contributed by atoms with van der Waals surface area (Å²) in [6, 6.07) is 15.0. The highest BCUT2D eigenvalue weighted by atomic mass is 16.5. The number of nitrogens with zero attached hydrogens (tertiary/aromatic N) is 5. The molecule has 1 aromatic heterocycles. The maximum Gasteiger partial charge on any atom is 0.328 e. The van der Waals surface area contributed by atoms with E-state index < -0.39 is 12.0 Å². The number of amides is 2. The summed E-state index contributed by atoms with van der Waals surface area (Å²) >= 11 is 0. The van der Waals surface area contributed by atoms with Gasteiger partial charge in [0.15, 0.2) is 5.82 Å². The van der Waals surface area contributed by atoms with E-state index in [0.717, 1.165) is 41.5 Å². The Morgan fingerprint density at radius 1 is 1.14 bits per heavy atom. The molecule has 2 amide bonds. The molecule has 1 aliphatic rings. The van der Waals surface area contributed by atoms with Gasteiger partial charge in [-0.15, -0.1) is 5.10 Å². The molecule has 1 fully saturated rings. The molecular weight excluding hydrogens is 458 g/mol. The molecule has 36 heavy (non-hydrogen) atoms. The lowest BCUT2D eigenvalue weighted by atomic mass is 9.98. The number of methoxy groups -OCH3 is 1. The summed E-state index contributed by atoms with van der Waals surface area (Å²) in [5.74, 6) is 0.182. The van der Waals surface area contributed by atoms with Gasteiger partial charge in [-0.25, -0.2) is 14.7 Å². The van der Waals surface area contributed by atoms with Gasteiger partial charge >= 0.3 is 12.0 Å². The molecule has 1 aliphatic heterocycles. The Morgan fingerprint density at radius 3 is 2.56 bits per heavy atom. The van der Waals surface area contributed by atoms with Crippen molar-refractivity contribution in [2.75, 3.05) is 20.2 Å². The molecule has 2 aromatic carbocycles. The number of nitrogens with two attached hydrogens (primary N) is 1. The van der Waals surface area contributed by atoms with Crippen molar-refractivity contribution in [3.63, 3.8) is 0 Å². The number of H-pyrrole nitrogens is 1. The topological polar surface area (TPSA) is 130 Å². The zero-order valence-corrected chi connectivity index (χ0v) is 20.8. The van der Waals surface area contributed by atoms with Crippen LogP contribution in [0, 0.1) is 0 Å². The first-order chi connectivity index (χ1) is 17.5. The Labute approximate surface area is 210 Å². The number of unbranched alkanes of at least 4 members (excludes halogenated alkanes) is 2. The molecule has 0 unspecified atom stereocenters. The number of nitrogens with one attached hydrogen (secondary N) is 1. The highest BCUT2D eigenvalue weighted by Crippen LogP contribution is 2.30. The van der Waals surface area contributed by atoms with E-state index in [2.05, 4.69) is 27.5 Å². The van der Waals surface area contributed by atoms with Gasteiger partial charge < -0.3 is 20.3 Å². The van der Waals surface area contributed by atoms with Crippen LogP contribution in [-0.2, 0) is 16.1 Å². The molecule has 0 saturated carbocycles. The monoisotopic (exact) mass is 491 g/mol. The van der Waals surface area contributed by atoms with E-state index in [4.69, 9.17) is 10.5 Å². The molecule has 2 heterocycles. The van der Waals surface area contributed by atoms with E-state index in [-0.39, 0.29) is 12.1 Å².